The predicted octanol–water partition coefficient (Wildman–Crippen LogP) is 3.90. The molecule has 1 N–H and O–H groups in total. The number of hydrogen-bond acceptors (Lipinski definition) is 5. The van der Waals surface area contributed by atoms with Crippen LogP contribution in [0, 0.1) is 12.8 Å². The van der Waals surface area contributed by atoms with E-state index < -0.39 is 0 Å². The minimum absolute atomic E-state index is 0.0298. The van der Waals surface area contributed by atoms with Gasteiger partial charge in [-0.15, -0.1) is 5.16 Å². The molecule has 164 valence electrons. The zero-order chi connectivity index (χ0) is 22.5. The van der Waals surface area contributed by atoms with Crippen LogP contribution in [-0.2, 0) is 4.79 Å². The van der Waals surface area contributed by atoms with Crippen LogP contribution in [0.4, 0.5) is 0 Å². The van der Waals surface area contributed by atoms with Crippen molar-refractivity contribution in [2.75, 3.05) is 20.2 Å². The smallest absolute Gasteiger partial charge is 0.246 e. The number of benzene rings is 2. The molecular formula is C25H26N4O3. The number of aromatic nitrogens is 2. The first-order chi connectivity index (χ1) is 15.6. The highest BCUT2D eigenvalue weighted by molar-refractivity contribution is 5.92. The number of carbonyl (C=O) groups excluding carboxylic acids is 1. The maximum Gasteiger partial charge on any atom is 0.246 e. The number of ether oxygens (including phenoxy) is 1. The number of amides is 1. The topological polar surface area (TPSA) is 80.0 Å². The summed E-state index contributed by atoms with van der Waals surface area (Å²) in [6, 6.07) is 15.8. The molecule has 1 aromatic heterocycles. The molecule has 1 aliphatic heterocycles. The third kappa shape index (κ3) is 4.56. The van der Waals surface area contributed by atoms with Gasteiger partial charge in [0.25, 0.3) is 0 Å². The third-order valence-corrected chi connectivity index (χ3v) is 5.77. The minimum atomic E-state index is -0.0759. The first-order valence-corrected chi connectivity index (χ1v) is 10.5. The second-order valence-electron chi connectivity index (χ2n) is 7.88. The standard InChI is InChI=1S/C25H26N4O3/c1-18-14-29(17-26-18)23-10-8-19(12-24(23)32-2)9-11-25(30)28-15-21(13-27-31)22(16-28)20-6-4-3-5-7-20/h3-14,17,21-22,31H,15-16H2,1-2H3/b11-9+,27-13?. The van der Waals surface area contributed by atoms with Crippen molar-refractivity contribution in [3.8, 4) is 11.4 Å². The van der Waals surface area contributed by atoms with Crippen molar-refractivity contribution in [3.05, 3.63) is 84.0 Å². The van der Waals surface area contributed by atoms with E-state index in [-0.39, 0.29) is 17.7 Å². The fourth-order valence-corrected chi connectivity index (χ4v) is 4.14. The van der Waals surface area contributed by atoms with E-state index in [0.717, 1.165) is 22.5 Å². The van der Waals surface area contributed by atoms with Crippen LogP contribution in [0.5, 0.6) is 5.75 Å². The molecular weight excluding hydrogens is 404 g/mol. The molecule has 2 unspecified atom stereocenters. The number of oxime groups is 1. The molecule has 3 aromatic rings. The Kier molecular flexibility index (Phi) is 6.35. The van der Waals surface area contributed by atoms with Gasteiger partial charge in [0.1, 0.15) is 5.75 Å². The fourth-order valence-electron chi connectivity index (χ4n) is 4.14. The van der Waals surface area contributed by atoms with Crippen molar-refractivity contribution in [3.63, 3.8) is 0 Å². The molecule has 7 heteroatoms. The van der Waals surface area contributed by atoms with Crippen molar-refractivity contribution < 1.29 is 14.7 Å². The lowest BCUT2D eigenvalue weighted by Crippen LogP contribution is -2.27. The lowest BCUT2D eigenvalue weighted by molar-refractivity contribution is -0.125. The SMILES string of the molecule is COc1cc(/C=C/C(=O)N2CC(C=NO)C(c3ccccc3)C2)ccc1-n1cnc(C)c1. The number of methoxy groups -OCH3 is 1. The van der Waals surface area contributed by atoms with Gasteiger partial charge in [0.15, 0.2) is 0 Å². The number of imidazole rings is 1. The summed E-state index contributed by atoms with van der Waals surface area (Å²) in [7, 11) is 1.62. The molecule has 7 nitrogen and oxygen atoms in total. The van der Waals surface area contributed by atoms with Gasteiger partial charge in [-0.25, -0.2) is 4.98 Å². The van der Waals surface area contributed by atoms with Crippen LogP contribution in [0.15, 0.2) is 72.3 Å². The van der Waals surface area contributed by atoms with Crippen LogP contribution in [0.2, 0.25) is 0 Å². The number of nitrogens with zero attached hydrogens (tertiary/aromatic N) is 4. The number of aryl methyl sites for hydroxylation is 1. The molecule has 1 aliphatic rings. The molecule has 1 fully saturated rings. The summed E-state index contributed by atoms with van der Waals surface area (Å²) in [5.74, 6) is 0.690. The number of carbonyl (C=O) groups is 1. The molecule has 1 amide bonds. The Morgan fingerprint density at radius 2 is 2.03 bits per heavy atom. The average molecular weight is 431 g/mol. The van der Waals surface area contributed by atoms with Crippen LogP contribution in [0.25, 0.3) is 11.8 Å². The highest BCUT2D eigenvalue weighted by Crippen LogP contribution is 2.32. The minimum Gasteiger partial charge on any atom is -0.495 e. The van der Waals surface area contributed by atoms with Crippen LogP contribution in [0.1, 0.15) is 22.7 Å². The normalized spacial score (nSPS) is 18.6. The second kappa shape index (κ2) is 9.51. The van der Waals surface area contributed by atoms with Gasteiger partial charge in [-0.3, -0.25) is 4.79 Å². The van der Waals surface area contributed by atoms with E-state index in [9.17, 15) is 4.79 Å². The van der Waals surface area contributed by atoms with Gasteiger partial charge in [0.05, 0.1) is 24.8 Å². The van der Waals surface area contributed by atoms with Gasteiger partial charge in [-0.1, -0.05) is 36.4 Å². The molecule has 0 saturated carbocycles. The Bertz CT molecular complexity index is 1140. The predicted molar refractivity (Wildman–Crippen MR) is 123 cm³/mol. The van der Waals surface area contributed by atoms with E-state index in [2.05, 4.69) is 10.1 Å². The lowest BCUT2D eigenvalue weighted by Gasteiger charge is -2.15. The van der Waals surface area contributed by atoms with E-state index >= 15 is 0 Å². The largest absolute Gasteiger partial charge is 0.495 e. The van der Waals surface area contributed by atoms with Crippen molar-refractivity contribution in [2.45, 2.75) is 12.8 Å². The molecule has 0 bridgehead atoms. The molecule has 2 aromatic carbocycles. The average Bonchev–Trinajstić information content (AvgIpc) is 3.44. The first-order valence-electron chi connectivity index (χ1n) is 10.5. The van der Waals surface area contributed by atoms with E-state index in [1.54, 1.807) is 30.5 Å². The van der Waals surface area contributed by atoms with Gasteiger partial charge in [0, 0.05) is 43.4 Å². The summed E-state index contributed by atoms with van der Waals surface area (Å²) >= 11 is 0. The Morgan fingerprint density at radius 3 is 2.72 bits per heavy atom. The van der Waals surface area contributed by atoms with Gasteiger partial charge in [0.2, 0.25) is 5.91 Å². The lowest BCUT2D eigenvalue weighted by atomic mass is 9.90. The molecule has 32 heavy (non-hydrogen) atoms. The van der Waals surface area contributed by atoms with E-state index in [1.165, 1.54) is 6.21 Å². The van der Waals surface area contributed by atoms with Gasteiger partial charge >= 0.3 is 0 Å². The van der Waals surface area contributed by atoms with Gasteiger partial charge in [-0.2, -0.15) is 0 Å². The summed E-state index contributed by atoms with van der Waals surface area (Å²) in [4.78, 5) is 18.9. The number of hydrogen-bond donors (Lipinski definition) is 1. The van der Waals surface area contributed by atoms with E-state index in [4.69, 9.17) is 9.94 Å². The molecule has 2 heterocycles. The quantitative estimate of drug-likeness (QED) is 0.278. The summed E-state index contributed by atoms with van der Waals surface area (Å²) < 4.78 is 7.45. The van der Waals surface area contributed by atoms with E-state index in [0.29, 0.717) is 18.8 Å². The molecule has 0 aliphatic carbocycles. The summed E-state index contributed by atoms with van der Waals surface area (Å²) in [5, 5.41) is 12.3. The second-order valence-corrected chi connectivity index (χ2v) is 7.88. The molecule has 0 radical (unpaired) electrons. The molecule has 2 atom stereocenters. The summed E-state index contributed by atoms with van der Waals surface area (Å²) in [5.41, 5.74) is 3.80. The third-order valence-electron chi connectivity index (χ3n) is 5.77. The summed E-state index contributed by atoms with van der Waals surface area (Å²) in [6.45, 7) is 3.02. The number of rotatable bonds is 6. The van der Waals surface area contributed by atoms with Crippen molar-refractivity contribution in [1.29, 1.82) is 0 Å². The van der Waals surface area contributed by atoms with Crippen molar-refractivity contribution in [1.82, 2.24) is 14.5 Å². The Morgan fingerprint density at radius 1 is 1.22 bits per heavy atom. The summed E-state index contributed by atoms with van der Waals surface area (Å²) in [6.07, 6.45) is 8.57. The Balaban J connectivity index is 1.49. The highest BCUT2D eigenvalue weighted by Gasteiger charge is 2.34. The van der Waals surface area contributed by atoms with Crippen LogP contribution >= 0.6 is 0 Å². The van der Waals surface area contributed by atoms with E-state index in [1.807, 2.05) is 66.2 Å². The molecule has 0 spiro atoms. The Labute approximate surface area is 187 Å². The zero-order valence-corrected chi connectivity index (χ0v) is 18.1. The van der Waals surface area contributed by atoms with Gasteiger partial charge in [-0.05, 0) is 36.3 Å². The maximum atomic E-state index is 12.9. The van der Waals surface area contributed by atoms with Gasteiger partial charge < -0.3 is 19.4 Å². The zero-order valence-electron chi connectivity index (χ0n) is 18.1. The first kappa shape index (κ1) is 21.4. The molecule has 1 saturated heterocycles. The number of likely N-dealkylation sites (tertiary alicyclic amines) is 1. The molecule has 4 rings (SSSR count). The maximum absolute atomic E-state index is 12.9. The Hall–Kier alpha value is -3.87. The van der Waals surface area contributed by atoms with Crippen molar-refractivity contribution in [2.24, 2.45) is 11.1 Å². The van der Waals surface area contributed by atoms with Crippen LogP contribution < -0.4 is 4.74 Å². The highest BCUT2D eigenvalue weighted by atomic mass is 16.5. The monoisotopic (exact) mass is 430 g/mol. The fraction of sp³-hybridized carbons (Fsp3) is 0.240. The van der Waals surface area contributed by atoms with Crippen molar-refractivity contribution >= 4 is 18.2 Å². The van der Waals surface area contributed by atoms with Crippen LogP contribution in [-0.4, -0.2) is 52.0 Å². The van der Waals surface area contributed by atoms with Crippen LogP contribution in [0.3, 0.4) is 0 Å².